The highest BCUT2D eigenvalue weighted by Crippen LogP contribution is 2.25. The molecule has 0 saturated heterocycles. The minimum atomic E-state index is -0.387. The molecule has 3 heterocycles. The van der Waals surface area contributed by atoms with Gasteiger partial charge < -0.3 is 4.40 Å². The number of ketones is 1. The van der Waals surface area contributed by atoms with Crippen molar-refractivity contribution in [3.63, 3.8) is 0 Å². The van der Waals surface area contributed by atoms with Crippen LogP contribution in [0.1, 0.15) is 27.2 Å². The van der Waals surface area contributed by atoms with E-state index in [-0.39, 0.29) is 11.6 Å². The Hall–Kier alpha value is -4.17. The first kappa shape index (κ1) is 20.7. The van der Waals surface area contributed by atoms with Gasteiger partial charge in [-0.2, -0.15) is 14.9 Å². The zero-order chi connectivity index (χ0) is 22.9. The number of hydrogen-bond acceptors (Lipinski definition) is 4. The van der Waals surface area contributed by atoms with E-state index in [4.69, 9.17) is 12.2 Å². The van der Waals surface area contributed by atoms with Crippen LogP contribution in [-0.4, -0.2) is 31.3 Å². The zero-order valence-electron chi connectivity index (χ0n) is 17.6. The summed E-state index contributed by atoms with van der Waals surface area (Å²) in [5.74, 6) is 0.000986. The lowest BCUT2D eigenvalue weighted by Crippen LogP contribution is -2.07. The van der Waals surface area contributed by atoms with Gasteiger partial charge in [-0.3, -0.25) is 4.79 Å². The third-order valence-corrected chi connectivity index (χ3v) is 5.71. The fourth-order valence-corrected chi connectivity index (χ4v) is 4.01. The number of H-pyrrole nitrogens is 1. The number of benzene rings is 2. The van der Waals surface area contributed by atoms with Crippen LogP contribution in [0.25, 0.3) is 16.9 Å². The largest absolute Gasteiger partial charge is 0.313 e. The lowest BCUT2D eigenvalue weighted by Gasteiger charge is -2.04. The lowest BCUT2D eigenvalue weighted by atomic mass is 10.0. The van der Waals surface area contributed by atoms with Crippen molar-refractivity contribution in [3.8, 4) is 11.4 Å². The summed E-state index contributed by atoms with van der Waals surface area (Å²) in [4.78, 5) is 13.3. The summed E-state index contributed by atoms with van der Waals surface area (Å²) in [7, 11) is 0. The molecule has 0 amide bonds. The smallest absolute Gasteiger partial charge is 0.216 e. The average molecular weight is 456 g/mol. The van der Waals surface area contributed by atoms with E-state index >= 15 is 0 Å². The molecular weight excluding hydrogens is 437 g/mol. The van der Waals surface area contributed by atoms with Crippen LogP contribution in [0.3, 0.4) is 0 Å². The standard InChI is InChI=1S/C25H18FN5OS/c1-16-20(15-27-31-24(28-29-25(31)33)18-7-3-2-4-8-18)21-9-5-6-14-30(21)22(16)23(32)17-10-12-19(26)13-11-17/h2-15H,1H3,(H,29,33)/b27-15+. The van der Waals surface area contributed by atoms with Crippen molar-refractivity contribution in [1.82, 2.24) is 19.3 Å². The molecule has 0 aliphatic heterocycles. The summed E-state index contributed by atoms with van der Waals surface area (Å²) in [6, 6.07) is 20.8. The van der Waals surface area contributed by atoms with Crippen molar-refractivity contribution >= 4 is 29.7 Å². The van der Waals surface area contributed by atoms with E-state index < -0.39 is 0 Å². The van der Waals surface area contributed by atoms with Crippen LogP contribution >= 0.6 is 12.2 Å². The molecule has 6 nitrogen and oxygen atoms in total. The molecule has 0 spiro atoms. The second-order valence-corrected chi connectivity index (χ2v) is 7.84. The van der Waals surface area contributed by atoms with Crippen LogP contribution in [0.5, 0.6) is 0 Å². The van der Waals surface area contributed by atoms with E-state index in [2.05, 4.69) is 15.3 Å². The van der Waals surface area contributed by atoms with Crippen LogP contribution in [0.2, 0.25) is 0 Å². The Morgan fingerprint density at radius 1 is 1.06 bits per heavy atom. The molecule has 0 radical (unpaired) electrons. The van der Waals surface area contributed by atoms with Crippen molar-refractivity contribution in [2.75, 3.05) is 0 Å². The molecule has 8 heteroatoms. The molecule has 0 aliphatic carbocycles. The third kappa shape index (κ3) is 3.70. The van der Waals surface area contributed by atoms with Gasteiger partial charge in [0.15, 0.2) is 5.82 Å². The third-order valence-electron chi connectivity index (χ3n) is 5.44. The van der Waals surface area contributed by atoms with Gasteiger partial charge in [-0.1, -0.05) is 36.4 Å². The summed E-state index contributed by atoms with van der Waals surface area (Å²) in [6.45, 7) is 1.87. The minimum absolute atomic E-state index is 0.196. The Kier molecular flexibility index (Phi) is 5.27. The number of nitrogens with one attached hydrogen (secondary N) is 1. The second kappa shape index (κ2) is 8.40. The maximum Gasteiger partial charge on any atom is 0.216 e. The molecule has 5 aromatic rings. The number of aromatic amines is 1. The molecule has 0 atom stereocenters. The molecule has 0 saturated carbocycles. The number of nitrogens with zero attached hydrogens (tertiary/aromatic N) is 4. The first-order chi connectivity index (χ1) is 16.0. The molecule has 33 heavy (non-hydrogen) atoms. The quantitative estimate of drug-likeness (QED) is 0.219. The molecular formula is C25H18FN5OS. The number of rotatable bonds is 5. The fraction of sp³-hybridized carbons (Fsp3) is 0.0400. The van der Waals surface area contributed by atoms with E-state index in [9.17, 15) is 9.18 Å². The fourth-order valence-electron chi connectivity index (χ4n) is 3.83. The highest BCUT2D eigenvalue weighted by molar-refractivity contribution is 7.71. The maximum atomic E-state index is 13.4. The van der Waals surface area contributed by atoms with E-state index in [1.165, 1.54) is 24.3 Å². The summed E-state index contributed by atoms with van der Waals surface area (Å²) in [5, 5.41) is 11.7. The normalized spacial score (nSPS) is 11.5. The van der Waals surface area contributed by atoms with Crippen LogP contribution < -0.4 is 0 Å². The zero-order valence-corrected chi connectivity index (χ0v) is 18.4. The second-order valence-electron chi connectivity index (χ2n) is 7.45. The van der Waals surface area contributed by atoms with Gasteiger partial charge >= 0.3 is 0 Å². The van der Waals surface area contributed by atoms with Gasteiger partial charge in [0.25, 0.3) is 0 Å². The Labute approximate surface area is 193 Å². The summed E-state index contributed by atoms with van der Waals surface area (Å²) < 4.78 is 17.1. The van der Waals surface area contributed by atoms with Crippen molar-refractivity contribution in [2.24, 2.45) is 5.10 Å². The van der Waals surface area contributed by atoms with Gasteiger partial charge in [0, 0.05) is 22.9 Å². The van der Waals surface area contributed by atoms with Gasteiger partial charge in [-0.15, -0.1) is 0 Å². The predicted molar refractivity (Wildman–Crippen MR) is 128 cm³/mol. The first-order valence-corrected chi connectivity index (χ1v) is 10.6. The van der Waals surface area contributed by atoms with Crippen LogP contribution in [0.4, 0.5) is 4.39 Å². The van der Waals surface area contributed by atoms with Crippen molar-refractivity contribution in [3.05, 3.63) is 112 Å². The Morgan fingerprint density at radius 2 is 1.79 bits per heavy atom. The monoisotopic (exact) mass is 455 g/mol. The Balaban J connectivity index is 1.63. The number of carbonyl (C=O) groups is 1. The number of pyridine rings is 1. The molecule has 5 rings (SSSR count). The molecule has 2 aromatic carbocycles. The maximum absolute atomic E-state index is 13.4. The Morgan fingerprint density at radius 3 is 2.55 bits per heavy atom. The molecule has 162 valence electrons. The predicted octanol–water partition coefficient (Wildman–Crippen LogP) is 5.42. The molecule has 0 bridgehead atoms. The highest BCUT2D eigenvalue weighted by atomic mass is 32.1. The van der Waals surface area contributed by atoms with Crippen LogP contribution in [0.15, 0.2) is 84.1 Å². The van der Waals surface area contributed by atoms with E-state index in [0.717, 1.165) is 22.2 Å². The molecule has 0 fully saturated rings. The number of aromatic nitrogens is 4. The Bertz CT molecular complexity index is 1560. The van der Waals surface area contributed by atoms with Gasteiger partial charge in [-0.25, -0.2) is 9.49 Å². The van der Waals surface area contributed by atoms with Crippen LogP contribution in [0, 0.1) is 17.5 Å². The molecule has 0 unspecified atom stereocenters. The SMILES string of the molecule is Cc1c(/C=N/n2c(-c3ccccc3)n[nH]c2=S)c2ccccn2c1C(=O)c1ccc(F)cc1. The summed E-state index contributed by atoms with van der Waals surface area (Å²) in [5.41, 5.74) is 4.14. The lowest BCUT2D eigenvalue weighted by molar-refractivity contribution is 0.103. The van der Waals surface area contributed by atoms with Gasteiger partial charge in [0.1, 0.15) is 5.82 Å². The van der Waals surface area contributed by atoms with Gasteiger partial charge in [0.2, 0.25) is 10.6 Å². The van der Waals surface area contributed by atoms with Crippen molar-refractivity contribution in [1.29, 1.82) is 0 Å². The van der Waals surface area contributed by atoms with Gasteiger partial charge in [-0.05, 0) is 61.1 Å². The molecule has 3 aromatic heterocycles. The minimum Gasteiger partial charge on any atom is -0.313 e. The van der Waals surface area contributed by atoms with E-state index in [1.807, 2.05) is 66.1 Å². The first-order valence-electron chi connectivity index (χ1n) is 10.2. The van der Waals surface area contributed by atoms with E-state index in [0.29, 0.717) is 21.9 Å². The van der Waals surface area contributed by atoms with Crippen molar-refractivity contribution < 1.29 is 9.18 Å². The van der Waals surface area contributed by atoms with E-state index in [1.54, 1.807) is 10.9 Å². The summed E-state index contributed by atoms with van der Waals surface area (Å²) in [6.07, 6.45) is 3.51. The number of carbonyl (C=O) groups excluding carboxylic acids is 1. The summed E-state index contributed by atoms with van der Waals surface area (Å²) >= 11 is 5.38. The topological polar surface area (TPSA) is 67.4 Å². The number of hydrogen-bond donors (Lipinski definition) is 1. The molecule has 1 N–H and O–H groups in total. The van der Waals surface area contributed by atoms with Gasteiger partial charge in [0.05, 0.1) is 17.4 Å². The average Bonchev–Trinajstić information content (AvgIpc) is 3.34. The highest BCUT2D eigenvalue weighted by Gasteiger charge is 2.21. The van der Waals surface area contributed by atoms with Crippen molar-refractivity contribution in [2.45, 2.75) is 6.92 Å². The molecule has 0 aliphatic rings. The van der Waals surface area contributed by atoms with Crippen LogP contribution in [-0.2, 0) is 0 Å². The number of fused-ring (bicyclic) bond motifs is 1. The number of halogens is 1.